The number of piperazine rings is 1. The quantitative estimate of drug-likeness (QED) is 0.741. The minimum atomic E-state index is -0.232. The van der Waals surface area contributed by atoms with E-state index in [0.717, 1.165) is 18.5 Å². The second-order valence-corrected chi connectivity index (χ2v) is 3.73. The van der Waals surface area contributed by atoms with Crippen molar-refractivity contribution in [3.05, 3.63) is 35.6 Å². The Bertz CT molecular complexity index is 350. The van der Waals surface area contributed by atoms with E-state index in [1.54, 1.807) is 12.1 Å². The molecule has 1 aliphatic heterocycles. The summed E-state index contributed by atoms with van der Waals surface area (Å²) in [6.45, 7) is 1.16. The topological polar surface area (TPSA) is 41.1 Å². The van der Waals surface area contributed by atoms with Crippen LogP contribution in [-0.2, 0) is 11.2 Å². The molecule has 1 unspecified atom stereocenters. The lowest BCUT2D eigenvalue weighted by Crippen LogP contribution is -2.52. The molecule has 1 fully saturated rings. The molecule has 1 aromatic rings. The highest BCUT2D eigenvalue weighted by Crippen LogP contribution is 2.06. The van der Waals surface area contributed by atoms with Gasteiger partial charge >= 0.3 is 0 Å². The van der Waals surface area contributed by atoms with Gasteiger partial charge in [0.2, 0.25) is 5.91 Å². The highest BCUT2D eigenvalue weighted by Gasteiger charge is 2.17. The minimum absolute atomic E-state index is 0.0216. The molecular weight excluding hydrogens is 195 g/mol. The molecule has 1 heterocycles. The summed E-state index contributed by atoms with van der Waals surface area (Å²) in [4.78, 5) is 11.1. The van der Waals surface area contributed by atoms with Crippen molar-refractivity contribution in [2.75, 3.05) is 13.1 Å². The monoisotopic (exact) mass is 208 g/mol. The molecule has 1 atom stereocenters. The number of halogens is 1. The van der Waals surface area contributed by atoms with E-state index in [1.807, 2.05) is 0 Å². The second-order valence-electron chi connectivity index (χ2n) is 3.73. The van der Waals surface area contributed by atoms with Crippen molar-refractivity contribution >= 4 is 5.91 Å². The van der Waals surface area contributed by atoms with Crippen LogP contribution in [0, 0.1) is 5.82 Å². The standard InChI is InChI=1S/C11H13FN2O/c12-9-3-1-8(2-4-9)5-10-6-13-7-11(15)14-10/h1-4,10,13H,5-7H2,(H,14,15). The van der Waals surface area contributed by atoms with Crippen molar-refractivity contribution in [3.63, 3.8) is 0 Å². The van der Waals surface area contributed by atoms with Crippen LogP contribution in [0.4, 0.5) is 4.39 Å². The van der Waals surface area contributed by atoms with Crippen LogP contribution in [0.25, 0.3) is 0 Å². The van der Waals surface area contributed by atoms with Gasteiger partial charge in [0.25, 0.3) is 0 Å². The predicted octanol–water partition coefficient (Wildman–Crippen LogP) is 0.456. The van der Waals surface area contributed by atoms with E-state index < -0.39 is 0 Å². The number of amides is 1. The van der Waals surface area contributed by atoms with Gasteiger partial charge in [-0.1, -0.05) is 12.1 Å². The van der Waals surface area contributed by atoms with E-state index in [1.165, 1.54) is 12.1 Å². The Morgan fingerprint density at radius 3 is 2.73 bits per heavy atom. The van der Waals surface area contributed by atoms with E-state index >= 15 is 0 Å². The van der Waals surface area contributed by atoms with Gasteiger partial charge in [0.1, 0.15) is 5.82 Å². The summed E-state index contributed by atoms with van der Waals surface area (Å²) in [5.41, 5.74) is 1.03. The lowest BCUT2D eigenvalue weighted by Gasteiger charge is -2.24. The summed E-state index contributed by atoms with van der Waals surface area (Å²) in [5.74, 6) is -0.210. The normalized spacial score (nSPS) is 21.1. The number of benzene rings is 1. The third-order valence-corrected chi connectivity index (χ3v) is 2.44. The van der Waals surface area contributed by atoms with Crippen molar-refractivity contribution in [1.29, 1.82) is 0 Å². The largest absolute Gasteiger partial charge is 0.351 e. The molecule has 4 heteroatoms. The molecule has 0 aromatic heterocycles. The molecule has 1 aromatic carbocycles. The van der Waals surface area contributed by atoms with Crippen molar-refractivity contribution < 1.29 is 9.18 Å². The molecule has 0 spiro atoms. The van der Waals surface area contributed by atoms with E-state index in [4.69, 9.17) is 0 Å². The van der Waals surface area contributed by atoms with E-state index in [-0.39, 0.29) is 17.8 Å². The Kier molecular flexibility index (Phi) is 2.97. The van der Waals surface area contributed by atoms with Crippen LogP contribution >= 0.6 is 0 Å². The van der Waals surface area contributed by atoms with Gasteiger partial charge in [0, 0.05) is 12.6 Å². The van der Waals surface area contributed by atoms with Gasteiger partial charge in [-0.15, -0.1) is 0 Å². The first-order valence-corrected chi connectivity index (χ1v) is 4.98. The van der Waals surface area contributed by atoms with Gasteiger partial charge in [0.05, 0.1) is 6.54 Å². The summed E-state index contributed by atoms with van der Waals surface area (Å²) >= 11 is 0. The number of carbonyl (C=O) groups is 1. The molecule has 2 N–H and O–H groups in total. The van der Waals surface area contributed by atoms with Gasteiger partial charge < -0.3 is 10.6 Å². The van der Waals surface area contributed by atoms with Crippen molar-refractivity contribution in [1.82, 2.24) is 10.6 Å². The van der Waals surface area contributed by atoms with Crippen LogP contribution in [0.3, 0.4) is 0 Å². The number of hydrogen-bond acceptors (Lipinski definition) is 2. The average Bonchev–Trinajstić information content (AvgIpc) is 2.22. The molecule has 0 saturated carbocycles. The van der Waals surface area contributed by atoms with E-state index in [2.05, 4.69) is 10.6 Å². The maximum absolute atomic E-state index is 12.6. The fourth-order valence-electron chi connectivity index (χ4n) is 1.72. The molecule has 1 amide bonds. The Labute approximate surface area is 87.7 Å². The minimum Gasteiger partial charge on any atom is -0.351 e. The van der Waals surface area contributed by atoms with Crippen LogP contribution in [0.1, 0.15) is 5.56 Å². The van der Waals surface area contributed by atoms with Gasteiger partial charge in [-0.25, -0.2) is 4.39 Å². The number of carbonyl (C=O) groups excluding carboxylic acids is 1. The molecule has 15 heavy (non-hydrogen) atoms. The molecule has 0 bridgehead atoms. The third-order valence-electron chi connectivity index (χ3n) is 2.44. The number of nitrogens with one attached hydrogen (secondary N) is 2. The first-order valence-electron chi connectivity index (χ1n) is 4.98. The highest BCUT2D eigenvalue weighted by molar-refractivity contribution is 5.79. The fourth-order valence-corrected chi connectivity index (χ4v) is 1.72. The molecule has 1 aliphatic rings. The van der Waals surface area contributed by atoms with Gasteiger partial charge in [-0.2, -0.15) is 0 Å². The Hall–Kier alpha value is -1.42. The summed E-state index contributed by atoms with van der Waals surface area (Å²) in [6, 6.07) is 6.48. The molecule has 0 radical (unpaired) electrons. The fraction of sp³-hybridized carbons (Fsp3) is 0.364. The summed E-state index contributed by atoms with van der Waals surface area (Å²) in [6.07, 6.45) is 0.735. The Morgan fingerprint density at radius 2 is 2.07 bits per heavy atom. The smallest absolute Gasteiger partial charge is 0.234 e. The van der Waals surface area contributed by atoms with Crippen LogP contribution in [-0.4, -0.2) is 25.0 Å². The zero-order chi connectivity index (χ0) is 10.7. The zero-order valence-corrected chi connectivity index (χ0v) is 8.29. The van der Waals surface area contributed by atoms with Gasteiger partial charge in [-0.3, -0.25) is 4.79 Å². The summed E-state index contributed by atoms with van der Waals surface area (Å²) < 4.78 is 12.6. The summed E-state index contributed by atoms with van der Waals surface area (Å²) in [5, 5.41) is 5.91. The van der Waals surface area contributed by atoms with Crippen molar-refractivity contribution in [3.8, 4) is 0 Å². The lowest BCUT2D eigenvalue weighted by atomic mass is 10.0. The van der Waals surface area contributed by atoms with Crippen LogP contribution in [0.15, 0.2) is 24.3 Å². The molecule has 3 nitrogen and oxygen atoms in total. The Morgan fingerprint density at radius 1 is 1.33 bits per heavy atom. The second kappa shape index (κ2) is 4.40. The average molecular weight is 208 g/mol. The predicted molar refractivity (Wildman–Crippen MR) is 54.9 cm³/mol. The Balaban J connectivity index is 1.96. The first kappa shape index (κ1) is 10.1. The maximum Gasteiger partial charge on any atom is 0.234 e. The lowest BCUT2D eigenvalue weighted by molar-refractivity contribution is -0.122. The van der Waals surface area contributed by atoms with Gasteiger partial charge in [-0.05, 0) is 24.1 Å². The molecular formula is C11H13FN2O. The number of rotatable bonds is 2. The SMILES string of the molecule is O=C1CNCC(Cc2ccc(F)cc2)N1. The molecule has 0 aliphatic carbocycles. The van der Waals surface area contributed by atoms with Crippen LogP contribution < -0.4 is 10.6 Å². The zero-order valence-electron chi connectivity index (χ0n) is 8.29. The molecule has 2 rings (SSSR count). The van der Waals surface area contributed by atoms with Crippen molar-refractivity contribution in [2.24, 2.45) is 0 Å². The highest BCUT2D eigenvalue weighted by atomic mass is 19.1. The van der Waals surface area contributed by atoms with Crippen molar-refractivity contribution in [2.45, 2.75) is 12.5 Å². The van der Waals surface area contributed by atoms with Gasteiger partial charge in [0.15, 0.2) is 0 Å². The van der Waals surface area contributed by atoms with E-state index in [0.29, 0.717) is 6.54 Å². The first-order chi connectivity index (χ1) is 7.24. The maximum atomic E-state index is 12.6. The van der Waals surface area contributed by atoms with Crippen LogP contribution in [0.2, 0.25) is 0 Å². The number of hydrogen-bond donors (Lipinski definition) is 2. The molecule has 80 valence electrons. The summed E-state index contributed by atoms with van der Waals surface area (Å²) in [7, 11) is 0. The van der Waals surface area contributed by atoms with Crippen LogP contribution in [0.5, 0.6) is 0 Å². The third kappa shape index (κ3) is 2.76. The van der Waals surface area contributed by atoms with E-state index in [9.17, 15) is 9.18 Å². The molecule has 1 saturated heterocycles.